The van der Waals surface area contributed by atoms with E-state index in [1.165, 1.54) is 0 Å². The summed E-state index contributed by atoms with van der Waals surface area (Å²) >= 11 is 0. The number of rotatable bonds is 2. The van der Waals surface area contributed by atoms with E-state index in [4.69, 9.17) is 0 Å². The summed E-state index contributed by atoms with van der Waals surface area (Å²) in [5.41, 5.74) is 1.34. The van der Waals surface area contributed by atoms with Crippen molar-refractivity contribution in [3.8, 4) is 0 Å². The Kier molecular flexibility index (Phi) is 4.27. The molecule has 2 rings (SSSR count). The largest absolute Gasteiger partial charge is 1.00 e. The summed E-state index contributed by atoms with van der Waals surface area (Å²) in [5, 5.41) is 11.4. The van der Waals surface area contributed by atoms with E-state index in [2.05, 4.69) is 4.98 Å². The third-order valence-corrected chi connectivity index (χ3v) is 1.98. The van der Waals surface area contributed by atoms with Crippen LogP contribution in [0.2, 0.25) is 0 Å². The van der Waals surface area contributed by atoms with E-state index in [-0.39, 0.29) is 36.0 Å². The van der Waals surface area contributed by atoms with Crippen LogP contribution in [-0.2, 0) is 11.2 Å². The molecule has 0 saturated carbocycles. The van der Waals surface area contributed by atoms with Crippen LogP contribution in [-0.4, -0.2) is 11.0 Å². The Morgan fingerprint density at radius 2 is 1.93 bits per heavy atom. The fraction of sp³-hybridized carbons (Fsp3) is 0.0909. The van der Waals surface area contributed by atoms with E-state index in [1.807, 2.05) is 30.3 Å². The van der Waals surface area contributed by atoms with Crippen molar-refractivity contribution in [2.24, 2.45) is 0 Å². The van der Waals surface area contributed by atoms with Crippen molar-refractivity contribution in [1.29, 1.82) is 0 Å². The van der Waals surface area contributed by atoms with Gasteiger partial charge in [-0.25, -0.2) is 0 Å². The third-order valence-electron chi connectivity index (χ3n) is 1.98. The number of carbonyl (C=O) groups is 1. The Labute approximate surface area is 109 Å². The molecule has 0 unspecified atom stereocenters. The first-order chi connectivity index (χ1) is 6.75. The van der Waals surface area contributed by atoms with Crippen molar-refractivity contribution in [1.82, 2.24) is 4.98 Å². The number of aromatic nitrogens is 1. The number of carboxylic acid groups (broad SMARTS) is 1. The molecule has 0 bridgehead atoms. The maximum absolute atomic E-state index is 10.4. The van der Waals surface area contributed by atoms with Gasteiger partial charge in [-0.2, -0.15) is 0 Å². The first-order valence-electron chi connectivity index (χ1n) is 4.30. The van der Waals surface area contributed by atoms with Gasteiger partial charge in [-0.1, -0.05) is 24.3 Å². The second-order valence-corrected chi connectivity index (χ2v) is 3.04. The number of benzene rings is 1. The molecular formula is C11H8NNaO2. The molecule has 4 heteroatoms. The minimum atomic E-state index is -1.10. The standard InChI is InChI=1S/C11H9NO2.Na/c13-11(14)7-9-6-5-8-3-1-2-4-10(8)12-9;/h1-6H,7H2,(H,13,14);/q;+1/p-1. The van der Waals surface area contributed by atoms with Gasteiger partial charge in [0, 0.05) is 23.5 Å². The summed E-state index contributed by atoms with van der Waals surface area (Å²) < 4.78 is 0. The smallest absolute Gasteiger partial charge is 0.550 e. The van der Waals surface area contributed by atoms with E-state index in [1.54, 1.807) is 6.07 Å². The quantitative estimate of drug-likeness (QED) is 0.515. The van der Waals surface area contributed by atoms with E-state index in [0.717, 1.165) is 10.9 Å². The number of aliphatic carboxylic acids is 1. The molecule has 0 fully saturated rings. The van der Waals surface area contributed by atoms with E-state index in [9.17, 15) is 9.90 Å². The van der Waals surface area contributed by atoms with Crippen molar-refractivity contribution in [2.45, 2.75) is 6.42 Å². The van der Waals surface area contributed by atoms with E-state index >= 15 is 0 Å². The monoisotopic (exact) mass is 209 g/mol. The first kappa shape index (κ1) is 12.2. The maximum atomic E-state index is 10.4. The number of pyridine rings is 1. The molecule has 1 aromatic carbocycles. The molecule has 1 heterocycles. The molecule has 2 aromatic rings. The van der Waals surface area contributed by atoms with Crippen LogP contribution in [0.4, 0.5) is 0 Å². The van der Waals surface area contributed by atoms with Crippen molar-refractivity contribution in [2.75, 3.05) is 0 Å². The molecule has 15 heavy (non-hydrogen) atoms. The molecule has 1 aromatic heterocycles. The third kappa shape index (κ3) is 3.02. The van der Waals surface area contributed by atoms with Gasteiger partial charge in [0.1, 0.15) is 0 Å². The van der Waals surface area contributed by atoms with Crippen molar-refractivity contribution in [3.63, 3.8) is 0 Å². The molecule has 0 radical (unpaired) electrons. The number of para-hydroxylation sites is 1. The molecule has 0 aliphatic carbocycles. The van der Waals surface area contributed by atoms with E-state index in [0.29, 0.717) is 5.69 Å². The average molecular weight is 209 g/mol. The molecule has 0 atom stereocenters. The molecule has 70 valence electrons. The van der Waals surface area contributed by atoms with Gasteiger partial charge in [-0.15, -0.1) is 0 Å². The predicted octanol–water partition coefficient (Wildman–Crippen LogP) is -2.47. The Hall–Kier alpha value is -0.900. The maximum Gasteiger partial charge on any atom is 1.00 e. The van der Waals surface area contributed by atoms with Gasteiger partial charge >= 0.3 is 29.6 Å². The van der Waals surface area contributed by atoms with Crippen LogP contribution in [0.3, 0.4) is 0 Å². The van der Waals surface area contributed by atoms with E-state index < -0.39 is 5.97 Å². The zero-order valence-electron chi connectivity index (χ0n) is 8.43. The van der Waals surface area contributed by atoms with Gasteiger partial charge in [0.15, 0.2) is 0 Å². The molecule has 0 N–H and O–H groups in total. The molecule has 0 spiro atoms. The second-order valence-electron chi connectivity index (χ2n) is 3.04. The zero-order valence-corrected chi connectivity index (χ0v) is 10.4. The van der Waals surface area contributed by atoms with Gasteiger partial charge < -0.3 is 9.90 Å². The number of carboxylic acids is 1. The summed E-state index contributed by atoms with van der Waals surface area (Å²) in [6.45, 7) is 0. The van der Waals surface area contributed by atoms with Crippen LogP contribution in [0.15, 0.2) is 36.4 Å². The number of nitrogens with zero attached hydrogens (tertiary/aromatic N) is 1. The average Bonchev–Trinajstić information content (AvgIpc) is 2.17. The Morgan fingerprint density at radius 3 is 2.67 bits per heavy atom. The van der Waals surface area contributed by atoms with Gasteiger partial charge in [-0.05, 0) is 12.1 Å². The van der Waals surface area contributed by atoms with Crippen LogP contribution in [0.1, 0.15) is 5.69 Å². The molecule has 0 saturated heterocycles. The minimum absolute atomic E-state index is 0. The predicted molar refractivity (Wildman–Crippen MR) is 50.5 cm³/mol. The zero-order chi connectivity index (χ0) is 9.97. The number of hydrogen-bond acceptors (Lipinski definition) is 3. The summed E-state index contributed by atoms with van der Waals surface area (Å²) in [6, 6.07) is 11.2. The minimum Gasteiger partial charge on any atom is -0.550 e. The Bertz CT molecular complexity index is 485. The van der Waals surface area contributed by atoms with Gasteiger partial charge in [0.05, 0.1) is 5.52 Å². The van der Waals surface area contributed by atoms with Crippen LogP contribution in [0.25, 0.3) is 10.9 Å². The van der Waals surface area contributed by atoms with Gasteiger partial charge in [0.2, 0.25) is 0 Å². The second kappa shape index (κ2) is 5.26. The van der Waals surface area contributed by atoms with Gasteiger partial charge in [-0.3, -0.25) is 4.98 Å². The SMILES string of the molecule is O=C([O-])Cc1ccc2ccccc2n1.[Na+]. The van der Waals surface area contributed by atoms with Crippen molar-refractivity contribution < 1.29 is 39.5 Å². The van der Waals surface area contributed by atoms with Crippen molar-refractivity contribution >= 4 is 16.9 Å². The molecular weight excluding hydrogens is 201 g/mol. The normalized spacial score (nSPS) is 9.60. The van der Waals surface area contributed by atoms with Crippen LogP contribution >= 0.6 is 0 Å². The molecule has 0 aliphatic heterocycles. The van der Waals surface area contributed by atoms with Crippen LogP contribution in [0.5, 0.6) is 0 Å². The first-order valence-corrected chi connectivity index (χ1v) is 4.30. The number of fused-ring (bicyclic) bond motifs is 1. The summed E-state index contributed by atoms with van der Waals surface area (Å²) in [6.07, 6.45) is -0.134. The summed E-state index contributed by atoms with van der Waals surface area (Å²) in [5.74, 6) is -1.10. The Balaban J connectivity index is 0.00000112. The fourth-order valence-corrected chi connectivity index (χ4v) is 1.35. The summed E-state index contributed by atoms with van der Waals surface area (Å²) in [7, 11) is 0. The Morgan fingerprint density at radius 1 is 1.20 bits per heavy atom. The van der Waals surface area contributed by atoms with Crippen LogP contribution < -0.4 is 34.7 Å². The van der Waals surface area contributed by atoms with Crippen LogP contribution in [0, 0.1) is 0 Å². The van der Waals surface area contributed by atoms with Crippen molar-refractivity contribution in [3.05, 3.63) is 42.1 Å². The molecule has 3 nitrogen and oxygen atoms in total. The number of hydrogen-bond donors (Lipinski definition) is 0. The number of carbonyl (C=O) groups excluding carboxylic acids is 1. The molecule has 0 amide bonds. The molecule has 0 aliphatic rings. The van der Waals surface area contributed by atoms with Gasteiger partial charge in [0.25, 0.3) is 0 Å². The topological polar surface area (TPSA) is 53.0 Å². The fourth-order valence-electron chi connectivity index (χ4n) is 1.35. The summed E-state index contributed by atoms with van der Waals surface area (Å²) in [4.78, 5) is 14.5.